The van der Waals surface area contributed by atoms with Gasteiger partial charge in [0, 0.05) is 24.8 Å². The van der Waals surface area contributed by atoms with Gasteiger partial charge in [-0.25, -0.2) is 4.79 Å². The predicted octanol–water partition coefficient (Wildman–Crippen LogP) is 4.04. The summed E-state index contributed by atoms with van der Waals surface area (Å²) in [6.07, 6.45) is 0.292. The molecule has 172 valence electrons. The van der Waals surface area contributed by atoms with E-state index in [0.29, 0.717) is 25.3 Å². The molecular weight excluding hydrogens is 418 g/mol. The lowest BCUT2D eigenvalue weighted by Crippen LogP contribution is -2.31. The number of hydrogen-bond acceptors (Lipinski definition) is 4. The summed E-state index contributed by atoms with van der Waals surface area (Å²) in [4.78, 5) is 26.1. The van der Waals surface area contributed by atoms with Crippen molar-refractivity contribution in [3.63, 3.8) is 0 Å². The maximum atomic E-state index is 12.5. The average molecular weight is 448 g/mol. The largest absolute Gasteiger partial charge is 0.395 e. The van der Waals surface area contributed by atoms with Crippen LogP contribution in [-0.2, 0) is 16.1 Å². The molecule has 0 spiro atoms. The lowest BCUT2D eigenvalue weighted by molar-refractivity contribution is -0.119. The smallest absolute Gasteiger partial charge is 0.319 e. The van der Waals surface area contributed by atoms with Gasteiger partial charge >= 0.3 is 6.03 Å². The number of benzene rings is 3. The zero-order valence-corrected chi connectivity index (χ0v) is 18.7. The Hall–Kier alpha value is -3.68. The maximum Gasteiger partial charge on any atom is 0.319 e. The van der Waals surface area contributed by atoms with Gasteiger partial charge in [0.05, 0.1) is 31.9 Å². The second-order valence-electron chi connectivity index (χ2n) is 7.44. The van der Waals surface area contributed by atoms with Crippen LogP contribution in [0.25, 0.3) is 11.1 Å². The molecule has 0 aromatic heterocycles. The van der Waals surface area contributed by atoms with E-state index in [1.165, 1.54) is 0 Å². The minimum absolute atomic E-state index is 0.0292. The van der Waals surface area contributed by atoms with Crippen molar-refractivity contribution >= 4 is 23.3 Å². The second-order valence-corrected chi connectivity index (χ2v) is 7.44. The molecule has 0 fully saturated rings. The van der Waals surface area contributed by atoms with Crippen LogP contribution in [0.2, 0.25) is 0 Å². The molecule has 0 bridgehead atoms. The van der Waals surface area contributed by atoms with E-state index in [1.54, 1.807) is 11.9 Å². The fourth-order valence-corrected chi connectivity index (χ4v) is 3.28. The van der Waals surface area contributed by atoms with Gasteiger partial charge in [0.1, 0.15) is 0 Å². The average Bonchev–Trinajstić information content (AvgIpc) is 2.86. The normalized spacial score (nSPS) is 10.5. The minimum atomic E-state index is -0.382. The maximum absolute atomic E-state index is 12.5. The minimum Gasteiger partial charge on any atom is -0.395 e. The van der Waals surface area contributed by atoms with Crippen molar-refractivity contribution in [2.45, 2.75) is 13.0 Å². The number of nitrogens with one attached hydrogen (secondary N) is 2. The lowest BCUT2D eigenvalue weighted by Gasteiger charge is -2.18. The first-order valence-corrected chi connectivity index (χ1v) is 10.8. The number of anilines is 2. The highest BCUT2D eigenvalue weighted by Gasteiger charge is 2.12. The van der Waals surface area contributed by atoms with Gasteiger partial charge in [-0.05, 0) is 29.3 Å². The third-order valence-corrected chi connectivity index (χ3v) is 5.08. The number of rotatable bonds is 10. The summed E-state index contributed by atoms with van der Waals surface area (Å²) in [6.45, 7) is 0.897. The SMILES string of the molecule is CN(C(=O)CCOCc1ccccc1)c1ccc(-c2ccccc2NC(=O)NCCO)cc1. The number of ether oxygens (including phenoxy) is 1. The Morgan fingerprint density at radius 3 is 2.36 bits per heavy atom. The van der Waals surface area contributed by atoms with Crippen molar-refractivity contribution in [2.75, 3.05) is 37.0 Å². The number of hydrogen-bond donors (Lipinski definition) is 3. The van der Waals surface area contributed by atoms with E-state index in [0.717, 1.165) is 22.4 Å². The molecule has 0 saturated heterocycles. The van der Waals surface area contributed by atoms with Gasteiger partial charge in [0.15, 0.2) is 0 Å². The van der Waals surface area contributed by atoms with E-state index in [2.05, 4.69) is 10.6 Å². The molecule has 0 aliphatic carbocycles. The Morgan fingerprint density at radius 1 is 0.939 bits per heavy atom. The van der Waals surface area contributed by atoms with Gasteiger partial charge in [-0.3, -0.25) is 4.79 Å². The first-order valence-electron chi connectivity index (χ1n) is 10.8. The Morgan fingerprint density at radius 2 is 1.64 bits per heavy atom. The molecular formula is C26H29N3O4. The quantitative estimate of drug-likeness (QED) is 0.409. The van der Waals surface area contributed by atoms with Gasteiger partial charge < -0.3 is 25.4 Å². The summed E-state index contributed by atoms with van der Waals surface area (Å²) in [5.74, 6) is -0.0292. The number of carbonyl (C=O) groups is 2. The van der Waals surface area contributed by atoms with E-state index >= 15 is 0 Å². The van der Waals surface area contributed by atoms with Gasteiger partial charge in [0.25, 0.3) is 0 Å². The molecule has 7 heteroatoms. The molecule has 0 heterocycles. The number of aliphatic hydroxyl groups is 1. The van der Waals surface area contributed by atoms with Crippen molar-refractivity contribution < 1.29 is 19.4 Å². The van der Waals surface area contributed by atoms with Crippen LogP contribution in [0.5, 0.6) is 0 Å². The molecule has 3 aromatic rings. The predicted molar refractivity (Wildman–Crippen MR) is 130 cm³/mol. The summed E-state index contributed by atoms with van der Waals surface area (Å²) in [6, 6.07) is 24.5. The molecule has 0 aliphatic rings. The van der Waals surface area contributed by atoms with Crippen molar-refractivity contribution in [1.82, 2.24) is 5.32 Å². The molecule has 0 aliphatic heterocycles. The van der Waals surface area contributed by atoms with Crippen LogP contribution in [0.15, 0.2) is 78.9 Å². The Bertz CT molecular complexity index is 1040. The van der Waals surface area contributed by atoms with Crippen LogP contribution in [0.3, 0.4) is 0 Å². The fourth-order valence-electron chi connectivity index (χ4n) is 3.28. The molecule has 3 N–H and O–H groups in total. The molecule has 0 atom stereocenters. The molecule has 3 rings (SSSR count). The standard InChI is InChI=1S/C26H29N3O4/c1-29(25(31)15-18-33-19-20-7-3-2-4-8-20)22-13-11-21(12-14-22)23-9-5-6-10-24(23)28-26(32)27-16-17-30/h2-14,30H,15-19H2,1H3,(H2,27,28,32). The molecule has 3 amide bonds. The van der Waals surface area contributed by atoms with Crippen LogP contribution >= 0.6 is 0 Å². The zero-order chi connectivity index (χ0) is 23.5. The third-order valence-electron chi connectivity index (χ3n) is 5.08. The van der Waals surface area contributed by atoms with Crippen LogP contribution in [-0.4, -0.2) is 43.9 Å². The first-order chi connectivity index (χ1) is 16.1. The fraction of sp³-hybridized carbons (Fsp3) is 0.231. The van der Waals surface area contributed by atoms with E-state index < -0.39 is 0 Å². The Kier molecular flexibility index (Phi) is 8.99. The monoisotopic (exact) mass is 447 g/mol. The summed E-state index contributed by atoms with van der Waals surface area (Å²) in [5.41, 5.74) is 4.27. The second kappa shape index (κ2) is 12.4. The van der Waals surface area contributed by atoms with Gasteiger partial charge in [0.2, 0.25) is 5.91 Å². The number of carbonyl (C=O) groups excluding carboxylic acids is 2. The lowest BCUT2D eigenvalue weighted by atomic mass is 10.0. The number of nitrogens with zero attached hydrogens (tertiary/aromatic N) is 1. The first kappa shape index (κ1) is 24.0. The Balaban J connectivity index is 1.57. The number of aliphatic hydroxyl groups excluding tert-OH is 1. The summed E-state index contributed by atoms with van der Waals surface area (Å²) in [7, 11) is 1.75. The summed E-state index contributed by atoms with van der Waals surface area (Å²) < 4.78 is 5.62. The third kappa shape index (κ3) is 7.17. The van der Waals surface area contributed by atoms with Crippen LogP contribution < -0.4 is 15.5 Å². The zero-order valence-electron chi connectivity index (χ0n) is 18.7. The van der Waals surface area contributed by atoms with Crippen molar-refractivity contribution in [1.29, 1.82) is 0 Å². The van der Waals surface area contributed by atoms with Crippen molar-refractivity contribution in [3.8, 4) is 11.1 Å². The summed E-state index contributed by atoms with van der Waals surface area (Å²) in [5, 5.41) is 14.2. The highest BCUT2D eigenvalue weighted by atomic mass is 16.5. The van der Waals surface area contributed by atoms with E-state index in [1.807, 2.05) is 78.9 Å². The van der Waals surface area contributed by atoms with Gasteiger partial charge in [-0.15, -0.1) is 0 Å². The Labute approximate surface area is 194 Å². The van der Waals surface area contributed by atoms with E-state index in [9.17, 15) is 9.59 Å². The molecule has 3 aromatic carbocycles. The molecule has 0 unspecified atom stereocenters. The molecule has 33 heavy (non-hydrogen) atoms. The highest BCUT2D eigenvalue weighted by molar-refractivity contribution is 5.95. The van der Waals surface area contributed by atoms with Crippen molar-refractivity contribution in [2.24, 2.45) is 0 Å². The van der Waals surface area contributed by atoms with Crippen molar-refractivity contribution in [3.05, 3.63) is 84.4 Å². The molecule has 0 radical (unpaired) electrons. The van der Waals surface area contributed by atoms with Crippen LogP contribution in [0, 0.1) is 0 Å². The number of urea groups is 1. The highest BCUT2D eigenvalue weighted by Crippen LogP contribution is 2.29. The molecule has 0 saturated carbocycles. The number of amides is 3. The van der Waals surface area contributed by atoms with Crippen LogP contribution in [0.4, 0.5) is 16.2 Å². The molecule has 7 nitrogen and oxygen atoms in total. The van der Waals surface area contributed by atoms with Crippen LogP contribution in [0.1, 0.15) is 12.0 Å². The topological polar surface area (TPSA) is 90.9 Å². The van der Waals surface area contributed by atoms with Gasteiger partial charge in [-0.2, -0.15) is 0 Å². The van der Waals surface area contributed by atoms with E-state index in [4.69, 9.17) is 9.84 Å². The number of para-hydroxylation sites is 1. The van der Waals surface area contributed by atoms with E-state index in [-0.39, 0.29) is 25.1 Å². The van der Waals surface area contributed by atoms with Gasteiger partial charge in [-0.1, -0.05) is 60.7 Å². The summed E-state index contributed by atoms with van der Waals surface area (Å²) >= 11 is 0.